The first kappa shape index (κ1) is 13.5. The number of hydrogen-bond acceptors (Lipinski definition) is 3. The SMILES string of the molecule is CCC(N)CC(=O)N(CC)CC1CCCO1. The summed E-state index contributed by atoms with van der Waals surface area (Å²) in [4.78, 5) is 13.8. The molecule has 16 heavy (non-hydrogen) atoms. The van der Waals surface area contributed by atoms with Gasteiger partial charge in [0.05, 0.1) is 6.10 Å². The number of amides is 1. The van der Waals surface area contributed by atoms with Crippen LogP contribution in [0.15, 0.2) is 0 Å². The van der Waals surface area contributed by atoms with Gasteiger partial charge in [0.15, 0.2) is 0 Å². The molecule has 0 aromatic heterocycles. The van der Waals surface area contributed by atoms with Crippen molar-refractivity contribution in [2.24, 2.45) is 5.73 Å². The Hall–Kier alpha value is -0.610. The van der Waals surface area contributed by atoms with E-state index in [0.717, 1.165) is 39.0 Å². The van der Waals surface area contributed by atoms with Crippen molar-refractivity contribution in [2.45, 2.75) is 51.7 Å². The number of nitrogens with zero attached hydrogens (tertiary/aromatic N) is 1. The summed E-state index contributed by atoms with van der Waals surface area (Å²) in [5, 5.41) is 0. The predicted octanol–water partition coefficient (Wildman–Crippen LogP) is 1.14. The van der Waals surface area contributed by atoms with Crippen molar-refractivity contribution in [2.75, 3.05) is 19.7 Å². The highest BCUT2D eigenvalue weighted by Crippen LogP contribution is 2.14. The van der Waals surface area contributed by atoms with E-state index in [1.165, 1.54) is 0 Å². The smallest absolute Gasteiger partial charge is 0.224 e. The second-order valence-corrected chi connectivity index (χ2v) is 4.44. The van der Waals surface area contributed by atoms with Crippen LogP contribution in [-0.4, -0.2) is 42.6 Å². The number of ether oxygens (including phenoxy) is 1. The molecule has 1 aliphatic rings. The number of hydrogen-bond donors (Lipinski definition) is 1. The second-order valence-electron chi connectivity index (χ2n) is 4.44. The van der Waals surface area contributed by atoms with Crippen molar-refractivity contribution in [1.29, 1.82) is 0 Å². The summed E-state index contributed by atoms with van der Waals surface area (Å²) in [5.41, 5.74) is 5.80. The standard InChI is InChI=1S/C12H24N2O2/c1-3-10(13)8-12(15)14(4-2)9-11-6-5-7-16-11/h10-11H,3-9,13H2,1-2H3. The minimum absolute atomic E-state index is 0.00829. The third kappa shape index (κ3) is 4.10. The molecule has 0 bridgehead atoms. The molecule has 0 aromatic carbocycles. The summed E-state index contributed by atoms with van der Waals surface area (Å²) in [6.07, 6.45) is 3.73. The molecule has 2 atom stereocenters. The van der Waals surface area contributed by atoms with E-state index in [-0.39, 0.29) is 18.1 Å². The molecule has 1 rings (SSSR count). The van der Waals surface area contributed by atoms with Crippen LogP contribution in [0.5, 0.6) is 0 Å². The van der Waals surface area contributed by atoms with Gasteiger partial charge in [0, 0.05) is 32.2 Å². The quantitative estimate of drug-likeness (QED) is 0.741. The summed E-state index contributed by atoms with van der Waals surface area (Å²) in [6.45, 7) is 6.32. The van der Waals surface area contributed by atoms with Crippen molar-refractivity contribution >= 4 is 5.91 Å². The molecule has 1 amide bonds. The fraction of sp³-hybridized carbons (Fsp3) is 0.917. The maximum Gasteiger partial charge on any atom is 0.224 e. The van der Waals surface area contributed by atoms with Crippen LogP contribution in [0.3, 0.4) is 0 Å². The summed E-state index contributed by atoms with van der Waals surface area (Å²) < 4.78 is 5.54. The number of likely N-dealkylation sites (N-methyl/N-ethyl adjacent to an activating group) is 1. The lowest BCUT2D eigenvalue weighted by Crippen LogP contribution is -2.39. The summed E-state index contributed by atoms with van der Waals surface area (Å²) in [7, 11) is 0. The highest BCUT2D eigenvalue weighted by Gasteiger charge is 2.22. The molecule has 94 valence electrons. The van der Waals surface area contributed by atoms with E-state index < -0.39 is 0 Å². The van der Waals surface area contributed by atoms with Gasteiger partial charge in [-0.1, -0.05) is 6.92 Å². The van der Waals surface area contributed by atoms with Gasteiger partial charge in [-0.15, -0.1) is 0 Å². The first-order valence-electron chi connectivity index (χ1n) is 6.32. The van der Waals surface area contributed by atoms with Crippen LogP contribution in [0.2, 0.25) is 0 Å². The van der Waals surface area contributed by atoms with Gasteiger partial charge in [0.2, 0.25) is 5.91 Å². The summed E-state index contributed by atoms with van der Waals surface area (Å²) in [6, 6.07) is -0.00829. The van der Waals surface area contributed by atoms with Crippen LogP contribution in [0, 0.1) is 0 Å². The highest BCUT2D eigenvalue weighted by molar-refractivity contribution is 5.76. The lowest BCUT2D eigenvalue weighted by molar-refractivity contribution is -0.132. The second kappa shape index (κ2) is 6.86. The maximum absolute atomic E-state index is 11.9. The van der Waals surface area contributed by atoms with Crippen molar-refractivity contribution in [3.63, 3.8) is 0 Å². The fourth-order valence-electron chi connectivity index (χ4n) is 1.94. The Morgan fingerprint density at radius 1 is 1.56 bits per heavy atom. The Kier molecular flexibility index (Phi) is 5.77. The van der Waals surface area contributed by atoms with Gasteiger partial charge < -0.3 is 15.4 Å². The Bertz CT molecular complexity index is 215. The minimum atomic E-state index is -0.00829. The van der Waals surface area contributed by atoms with Crippen LogP contribution >= 0.6 is 0 Å². The van der Waals surface area contributed by atoms with E-state index in [2.05, 4.69) is 0 Å². The highest BCUT2D eigenvalue weighted by atomic mass is 16.5. The zero-order chi connectivity index (χ0) is 12.0. The largest absolute Gasteiger partial charge is 0.376 e. The number of carbonyl (C=O) groups is 1. The van der Waals surface area contributed by atoms with Gasteiger partial charge in [-0.3, -0.25) is 4.79 Å². The monoisotopic (exact) mass is 228 g/mol. The van der Waals surface area contributed by atoms with E-state index >= 15 is 0 Å². The molecule has 0 aliphatic carbocycles. The molecule has 0 aromatic rings. The molecular weight excluding hydrogens is 204 g/mol. The van der Waals surface area contributed by atoms with E-state index in [0.29, 0.717) is 6.42 Å². The first-order valence-corrected chi connectivity index (χ1v) is 6.32. The van der Waals surface area contributed by atoms with Gasteiger partial charge >= 0.3 is 0 Å². The molecule has 1 saturated heterocycles. The van der Waals surface area contributed by atoms with Crippen LogP contribution < -0.4 is 5.73 Å². The van der Waals surface area contributed by atoms with Crippen LogP contribution in [0.1, 0.15) is 39.5 Å². The van der Waals surface area contributed by atoms with Gasteiger partial charge in [-0.2, -0.15) is 0 Å². The van der Waals surface area contributed by atoms with Crippen molar-refractivity contribution in [3.8, 4) is 0 Å². The molecule has 4 heteroatoms. The third-order valence-corrected chi connectivity index (χ3v) is 3.14. The minimum Gasteiger partial charge on any atom is -0.376 e. The average molecular weight is 228 g/mol. The normalized spacial score (nSPS) is 22.1. The topological polar surface area (TPSA) is 55.6 Å². The predicted molar refractivity (Wildman–Crippen MR) is 64.1 cm³/mol. The van der Waals surface area contributed by atoms with Crippen LogP contribution in [-0.2, 0) is 9.53 Å². The zero-order valence-electron chi connectivity index (χ0n) is 10.4. The molecule has 4 nitrogen and oxygen atoms in total. The van der Waals surface area contributed by atoms with Gasteiger partial charge in [0.1, 0.15) is 0 Å². The molecular formula is C12H24N2O2. The molecule has 1 heterocycles. The zero-order valence-corrected chi connectivity index (χ0v) is 10.4. The summed E-state index contributed by atoms with van der Waals surface area (Å²) >= 11 is 0. The summed E-state index contributed by atoms with van der Waals surface area (Å²) in [5.74, 6) is 0.160. The van der Waals surface area contributed by atoms with E-state index in [4.69, 9.17) is 10.5 Å². The van der Waals surface area contributed by atoms with Crippen molar-refractivity contribution < 1.29 is 9.53 Å². The van der Waals surface area contributed by atoms with Crippen molar-refractivity contribution in [3.05, 3.63) is 0 Å². The Balaban J connectivity index is 2.36. The van der Waals surface area contributed by atoms with E-state index in [9.17, 15) is 4.79 Å². The Morgan fingerprint density at radius 3 is 2.81 bits per heavy atom. The third-order valence-electron chi connectivity index (χ3n) is 3.14. The van der Waals surface area contributed by atoms with Crippen LogP contribution in [0.25, 0.3) is 0 Å². The average Bonchev–Trinajstić information content (AvgIpc) is 2.78. The molecule has 0 radical (unpaired) electrons. The van der Waals surface area contributed by atoms with E-state index in [1.54, 1.807) is 0 Å². The lowest BCUT2D eigenvalue weighted by atomic mass is 10.1. The Labute approximate surface area is 98.1 Å². The van der Waals surface area contributed by atoms with E-state index in [1.807, 2.05) is 18.7 Å². The fourth-order valence-corrected chi connectivity index (χ4v) is 1.94. The molecule has 2 unspecified atom stereocenters. The van der Waals surface area contributed by atoms with Crippen molar-refractivity contribution in [1.82, 2.24) is 4.90 Å². The first-order chi connectivity index (χ1) is 7.67. The number of rotatable bonds is 6. The molecule has 2 N–H and O–H groups in total. The lowest BCUT2D eigenvalue weighted by Gasteiger charge is -2.25. The maximum atomic E-state index is 11.9. The molecule has 0 spiro atoms. The van der Waals surface area contributed by atoms with Crippen LogP contribution in [0.4, 0.5) is 0 Å². The molecule has 1 aliphatic heterocycles. The molecule has 0 saturated carbocycles. The number of carbonyl (C=O) groups excluding carboxylic acids is 1. The van der Waals surface area contributed by atoms with Gasteiger partial charge in [0.25, 0.3) is 0 Å². The van der Waals surface area contributed by atoms with Gasteiger partial charge in [-0.25, -0.2) is 0 Å². The number of nitrogens with two attached hydrogens (primary N) is 1. The Morgan fingerprint density at radius 2 is 2.31 bits per heavy atom. The van der Waals surface area contributed by atoms with Gasteiger partial charge in [-0.05, 0) is 26.2 Å². The molecule has 1 fully saturated rings.